The van der Waals surface area contributed by atoms with Gasteiger partial charge in [-0.3, -0.25) is 4.98 Å². The molecule has 0 aliphatic rings. The number of aliphatic hydroxyl groups excluding tert-OH is 1. The summed E-state index contributed by atoms with van der Waals surface area (Å²) in [5, 5.41) is 9.12. The molecule has 1 N–H and O–H groups in total. The van der Waals surface area contributed by atoms with Gasteiger partial charge in [0.25, 0.3) is 0 Å². The molecule has 0 fully saturated rings. The van der Waals surface area contributed by atoms with Crippen LogP contribution in [0.3, 0.4) is 0 Å². The van der Waals surface area contributed by atoms with Gasteiger partial charge < -0.3 is 10.0 Å². The van der Waals surface area contributed by atoms with Crippen molar-refractivity contribution in [2.45, 2.75) is 6.61 Å². The fourth-order valence-electron chi connectivity index (χ4n) is 1.26. The Morgan fingerprint density at radius 2 is 2.36 bits per heavy atom. The van der Waals surface area contributed by atoms with Gasteiger partial charge in [0, 0.05) is 43.0 Å². The first-order valence-corrected chi connectivity index (χ1v) is 5.92. The second-order valence-corrected chi connectivity index (χ2v) is 4.06. The maximum atomic E-state index is 9.12. The average Bonchev–Trinajstić information content (AvgIpc) is 2.25. The quantitative estimate of drug-likeness (QED) is 0.800. The largest absolute Gasteiger partial charge is 0.392 e. The highest BCUT2D eigenvalue weighted by atomic mass is 32.2. The van der Waals surface area contributed by atoms with E-state index in [1.54, 1.807) is 12.4 Å². The molecular weight excluding hydrogens is 196 g/mol. The molecule has 0 radical (unpaired) electrons. The zero-order valence-corrected chi connectivity index (χ0v) is 9.42. The number of nitrogens with zero attached hydrogens (tertiary/aromatic N) is 2. The molecule has 0 aliphatic carbocycles. The molecule has 0 atom stereocenters. The Hall–Kier alpha value is -0.740. The van der Waals surface area contributed by atoms with Crippen LogP contribution in [0.1, 0.15) is 5.56 Å². The summed E-state index contributed by atoms with van der Waals surface area (Å²) in [6, 6.07) is 1.94. The van der Waals surface area contributed by atoms with Crippen molar-refractivity contribution in [2.75, 3.05) is 30.5 Å². The third-order valence-corrected chi connectivity index (χ3v) is 2.68. The standard InChI is InChI=1S/C10H16N2OS/c1-12(5-6-14-2)10-3-4-11-7-9(10)8-13/h3-4,7,13H,5-6,8H2,1-2H3. The second-order valence-electron chi connectivity index (χ2n) is 3.08. The van der Waals surface area contributed by atoms with Crippen molar-refractivity contribution in [1.82, 2.24) is 4.98 Å². The lowest BCUT2D eigenvalue weighted by Crippen LogP contribution is -2.21. The van der Waals surface area contributed by atoms with Crippen molar-refractivity contribution in [3.8, 4) is 0 Å². The van der Waals surface area contributed by atoms with Crippen molar-refractivity contribution in [2.24, 2.45) is 0 Å². The molecule has 78 valence electrons. The highest BCUT2D eigenvalue weighted by Crippen LogP contribution is 2.17. The van der Waals surface area contributed by atoms with Crippen molar-refractivity contribution in [3.05, 3.63) is 24.0 Å². The van der Waals surface area contributed by atoms with E-state index in [-0.39, 0.29) is 6.61 Å². The summed E-state index contributed by atoms with van der Waals surface area (Å²) in [5.74, 6) is 1.09. The minimum absolute atomic E-state index is 0.0484. The molecule has 0 unspecified atom stereocenters. The van der Waals surface area contributed by atoms with E-state index in [4.69, 9.17) is 5.11 Å². The minimum Gasteiger partial charge on any atom is -0.392 e. The predicted octanol–water partition coefficient (Wildman–Crippen LogP) is 1.37. The van der Waals surface area contributed by atoms with Gasteiger partial charge in [0.2, 0.25) is 0 Å². The van der Waals surface area contributed by atoms with Crippen LogP contribution in [-0.4, -0.2) is 35.7 Å². The maximum Gasteiger partial charge on any atom is 0.0717 e. The van der Waals surface area contributed by atoms with Crippen LogP contribution >= 0.6 is 11.8 Å². The number of rotatable bonds is 5. The predicted molar refractivity (Wildman–Crippen MR) is 61.8 cm³/mol. The fraction of sp³-hybridized carbons (Fsp3) is 0.500. The molecule has 1 heterocycles. The van der Waals surface area contributed by atoms with E-state index in [2.05, 4.69) is 16.1 Å². The number of aromatic nitrogens is 1. The molecule has 0 spiro atoms. The van der Waals surface area contributed by atoms with Gasteiger partial charge in [-0.15, -0.1) is 0 Å². The summed E-state index contributed by atoms with van der Waals surface area (Å²) in [5.41, 5.74) is 1.95. The molecule has 1 aromatic heterocycles. The topological polar surface area (TPSA) is 36.4 Å². The van der Waals surface area contributed by atoms with Gasteiger partial charge in [-0.05, 0) is 12.3 Å². The number of hydrogen-bond acceptors (Lipinski definition) is 4. The molecule has 0 aromatic carbocycles. The Morgan fingerprint density at radius 3 is 3.00 bits per heavy atom. The van der Waals surface area contributed by atoms with E-state index in [1.165, 1.54) is 0 Å². The maximum absolute atomic E-state index is 9.12. The van der Waals surface area contributed by atoms with E-state index < -0.39 is 0 Å². The van der Waals surface area contributed by atoms with Crippen molar-refractivity contribution < 1.29 is 5.11 Å². The SMILES string of the molecule is CSCCN(C)c1ccncc1CO. The zero-order chi connectivity index (χ0) is 10.4. The Bertz CT molecular complexity index is 281. The monoisotopic (exact) mass is 212 g/mol. The third kappa shape index (κ3) is 2.89. The van der Waals surface area contributed by atoms with Crippen molar-refractivity contribution >= 4 is 17.4 Å². The van der Waals surface area contributed by atoms with Crippen molar-refractivity contribution in [3.63, 3.8) is 0 Å². The third-order valence-electron chi connectivity index (χ3n) is 2.09. The van der Waals surface area contributed by atoms with E-state index in [9.17, 15) is 0 Å². The van der Waals surface area contributed by atoms with Crippen LogP contribution in [0.25, 0.3) is 0 Å². The minimum atomic E-state index is 0.0484. The number of hydrogen-bond donors (Lipinski definition) is 1. The summed E-state index contributed by atoms with van der Waals surface area (Å²) in [6.45, 7) is 1.03. The molecule has 0 bridgehead atoms. The van der Waals surface area contributed by atoms with E-state index in [0.717, 1.165) is 23.5 Å². The van der Waals surface area contributed by atoms with Gasteiger partial charge in [-0.25, -0.2) is 0 Å². The molecule has 3 nitrogen and oxygen atoms in total. The summed E-state index contributed by atoms with van der Waals surface area (Å²) in [6.07, 6.45) is 5.56. The lowest BCUT2D eigenvalue weighted by atomic mass is 10.2. The number of aliphatic hydroxyl groups is 1. The lowest BCUT2D eigenvalue weighted by Gasteiger charge is -2.20. The normalized spacial score (nSPS) is 10.2. The Balaban J connectivity index is 2.72. The van der Waals surface area contributed by atoms with Crippen molar-refractivity contribution in [1.29, 1.82) is 0 Å². The van der Waals surface area contributed by atoms with E-state index in [0.29, 0.717) is 0 Å². The highest BCUT2D eigenvalue weighted by Gasteiger charge is 2.05. The molecule has 0 saturated heterocycles. The van der Waals surface area contributed by atoms with Crippen LogP contribution in [0.5, 0.6) is 0 Å². The first kappa shape index (κ1) is 11.3. The smallest absolute Gasteiger partial charge is 0.0717 e. The Labute approximate surface area is 89.2 Å². The van der Waals surface area contributed by atoms with Crippen LogP contribution in [0, 0.1) is 0 Å². The first-order valence-electron chi connectivity index (χ1n) is 4.53. The van der Waals surface area contributed by atoms with E-state index in [1.807, 2.05) is 24.9 Å². The molecule has 0 saturated carbocycles. The van der Waals surface area contributed by atoms with Gasteiger partial charge in [-0.1, -0.05) is 0 Å². The van der Waals surface area contributed by atoms with E-state index >= 15 is 0 Å². The molecule has 14 heavy (non-hydrogen) atoms. The fourth-order valence-corrected chi connectivity index (χ4v) is 1.72. The van der Waals surface area contributed by atoms with Crippen LogP contribution < -0.4 is 4.90 Å². The van der Waals surface area contributed by atoms with Crippen LogP contribution in [0.15, 0.2) is 18.5 Å². The zero-order valence-electron chi connectivity index (χ0n) is 8.60. The van der Waals surface area contributed by atoms with Gasteiger partial charge >= 0.3 is 0 Å². The van der Waals surface area contributed by atoms with Crippen LogP contribution in [0.2, 0.25) is 0 Å². The number of pyridine rings is 1. The molecule has 1 rings (SSSR count). The van der Waals surface area contributed by atoms with Gasteiger partial charge in [-0.2, -0.15) is 11.8 Å². The van der Waals surface area contributed by atoms with Gasteiger partial charge in [0.15, 0.2) is 0 Å². The van der Waals surface area contributed by atoms with Crippen LogP contribution in [0.4, 0.5) is 5.69 Å². The summed E-state index contributed by atoms with van der Waals surface area (Å²) >= 11 is 1.82. The molecule has 0 aliphatic heterocycles. The lowest BCUT2D eigenvalue weighted by molar-refractivity contribution is 0.281. The van der Waals surface area contributed by atoms with Gasteiger partial charge in [0.05, 0.1) is 6.61 Å². The average molecular weight is 212 g/mol. The second kappa shape index (κ2) is 5.88. The Morgan fingerprint density at radius 1 is 1.57 bits per heavy atom. The van der Waals surface area contributed by atoms with Gasteiger partial charge in [0.1, 0.15) is 0 Å². The first-order chi connectivity index (χ1) is 6.79. The van der Waals surface area contributed by atoms with Crippen LogP contribution in [-0.2, 0) is 6.61 Å². The number of thioether (sulfide) groups is 1. The summed E-state index contributed by atoms with van der Waals surface area (Å²) in [4.78, 5) is 6.13. The summed E-state index contributed by atoms with van der Waals surface area (Å²) in [7, 11) is 2.03. The Kier molecular flexibility index (Phi) is 4.76. The molecule has 4 heteroatoms. The highest BCUT2D eigenvalue weighted by molar-refractivity contribution is 7.98. The molecule has 0 amide bonds. The number of anilines is 1. The molecule has 1 aromatic rings. The molecular formula is C10H16N2OS. The summed E-state index contributed by atoms with van der Waals surface area (Å²) < 4.78 is 0.